The van der Waals surface area contributed by atoms with Crippen molar-refractivity contribution in [3.8, 4) is 0 Å². The first-order chi connectivity index (χ1) is 10.6. The van der Waals surface area contributed by atoms with E-state index in [9.17, 15) is 9.90 Å². The van der Waals surface area contributed by atoms with Crippen LogP contribution in [0.1, 0.15) is 31.7 Å². The van der Waals surface area contributed by atoms with Crippen LogP contribution in [0.2, 0.25) is 0 Å². The quantitative estimate of drug-likeness (QED) is 0.879. The number of rotatable bonds is 5. The van der Waals surface area contributed by atoms with Gasteiger partial charge in [-0.05, 0) is 30.7 Å². The van der Waals surface area contributed by atoms with Crippen molar-refractivity contribution >= 4 is 11.7 Å². The third-order valence-electron chi connectivity index (χ3n) is 4.76. The van der Waals surface area contributed by atoms with Gasteiger partial charge in [0, 0.05) is 38.1 Å². The molecule has 0 unspecified atom stereocenters. The zero-order chi connectivity index (χ0) is 16.0. The summed E-state index contributed by atoms with van der Waals surface area (Å²) in [4.78, 5) is 14.2. The molecule has 1 fully saturated rings. The number of aliphatic hydroxyl groups is 1. The third kappa shape index (κ3) is 3.78. The van der Waals surface area contributed by atoms with Crippen molar-refractivity contribution in [3.63, 3.8) is 0 Å². The van der Waals surface area contributed by atoms with Gasteiger partial charge in [-0.2, -0.15) is 0 Å². The standard InChI is InChI=1S/C17H26N2O3/c1-3-17(13-20)8-10-19(11-9-17)16(21)18-15-7-5-4-6-14(15)12-22-2/h4-7,20H,3,8-13H2,1-2H3,(H,18,21). The van der Waals surface area contributed by atoms with Gasteiger partial charge in [0.25, 0.3) is 0 Å². The summed E-state index contributed by atoms with van der Waals surface area (Å²) in [5.74, 6) is 0. The Balaban J connectivity index is 1.97. The zero-order valence-corrected chi connectivity index (χ0v) is 13.5. The molecule has 22 heavy (non-hydrogen) atoms. The van der Waals surface area contributed by atoms with Gasteiger partial charge in [-0.15, -0.1) is 0 Å². The molecule has 5 heteroatoms. The molecular formula is C17H26N2O3. The fraction of sp³-hybridized carbons (Fsp3) is 0.588. The lowest BCUT2D eigenvalue weighted by molar-refractivity contribution is 0.0542. The smallest absolute Gasteiger partial charge is 0.321 e. The number of nitrogens with zero attached hydrogens (tertiary/aromatic N) is 1. The van der Waals surface area contributed by atoms with Gasteiger partial charge < -0.3 is 20.1 Å². The van der Waals surface area contributed by atoms with Crippen LogP contribution >= 0.6 is 0 Å². The molecule has 2 N–H and O–H groups in total. The monoisotopic (exact) mass is 306 g/mol. The van der Waals surface area contributed by atoms with Gasteiger partial charge in [0.05, 0.1) is 6.61 Å². The van der Waals surface area contributed by atoms with E-state index in [0.717, 1.165) is 30.5 Å². The molecule has 122 valence electrons. The molecular weight excluding hydrogens is 280 g/mol. The van der Waals surface area contributed by atoms with E-state index in [2.05, 4.69) is 12.2 Å². The van der Waals surface area contributed by atoms with E-state index in [0.29, 0.717) is 19.7 Å². The van der Waals surface area contributed by atoms with Gasteiger partial charge in [-0.1, -0.05) is 25.1 Å². The predicted molar refractivity (Wildman–Crippen MR) is 86.8 cm³/mol. The molecule has 1 aromatic carbocycles. The van der Waals surface area contributed by atoms with Crippen molar-refractivity contribution in [1.29, 1.82) is 0 Å². The Labute approximate surface area is 132 Å². The predicted octanol–water partition coefficient (Wildman–Crippen LogP) is 2.85. The minimum atomic E-state index is -0.0776. The number of carbonyl (C=O) groups is 1. The number of likely N-dealkylation sites (tertiary alicyclic amines) is 1. The molecule has 0 radical (unpaired) electrons. The second-order valence-corrected chi connectivity index (χ2v) is 6.02. The van der Waals surface area contributed by atoms with E-state index in [1.807, 2.05) is 29.2 Å². The second kappa shape index (κ2) is 7.61. The topological polar surface area (TPSA) is 61.8 Å². The van der Waals surface area contributed by atoms with Crippen LogP contribution < -0.4 is 5.32 Å². The van der Waals surface area contributed by atoms with Gasteiger partial charge in [0.2, 0.25) is 0 Å². The molecule has 2 amide bonds. The minimum absolute atomic E-state index is 0.00919. The number of piperidine rings is 1. The molecule has 1 aromatic rings. The van der Waals surface area contributed by atoms with Crippen molar-refractivity contribution in [2.75, 3.05) is 32.1 Å². The molecule has 0 aliphatic carbocycles. The van der Waals surface area contributed by atoms with Crippen LogP contribution in [-0.2, 0) is 11.3 Å². The van der Waals surface area contributed by atoms with Crippen LogP contribution in [0.15, 0.2) is 24.3 Å². The molecule has 0 bridgehead atoms. The van der Waals surface area contributed by atoms with Gasteiger partial charge >= 0.3 is 6.03 Å². The van der Waals surface area contributed by atoms with E-state index in [1.54, 1.807) is 7.11 Å². The van der Waals surface area contributed by atoms with Crippen molar-refractivity contribution in [1.82, 2.24) is 4.90 Å². The number of aliphatic hydroxyl groups excluding tert-OH is 1. The van der Waals surface area contributed by atoms with Gasteiger partial charge in [-0.25, -0.2) is 4.79 Å². The fourth-order valence-corrected chi connectivity index (χ4v) is 2.93. The normalized spacial score (nSPS) is 17.3. The number of para-hydroxylation sites is 1. The van der Waals surface area contributed by atoms with Crippen LogP contribution in [0, 0.1) is 5.41 Å². The molecule has 1 saturated heterocycles. The Hall–Kier alpha value is -1.59. The van der Waals surface area contributed by atoms with E-state index in [1.165, 1.54) is 0 Å². The molecule has 1 aliphatic rings. The highest BCUT2D eigenvalue weighted by atomic mass is 16.5. The Morgan fingerprint density at radius 1 is 1.36 bits per heavy atom. The largest absolute Gasteiger partial charge is 0.396 e. The first-order valence-electron chi connectivity index (χ1n) is 7.88. The van der Waals surface area contributed by atoms with Crippen molar-refractivity contribution in [3.05, 3.63) is 29.8 Å². The van der Waals surface area contributed by atoms with Crippen LogP contribution in [0.3, 0.4) is 0 Å². The number of nitrogens with one attached hydrogen (secondary N) is 1. The summed E-state index contributed by atoms with van der Waals surface area (Å²) in [6.07, 6.45) is 2.66. The first-order valence-corrected chi connectivity index (χ1v) is 7.88. The summed E-state index contributed by atoms with van der Waals surface area (Å²) in [5.41, 5.74) is 1.75. The van der Waals surface area contributed by atoms with Crippen LogP contribution in [-0.4, -0.2) is 42.8 Å². The van der Waals surface area contributed by atoms with E-state index in [-0.39, 0.29) is 18.1 Å². The number of ether oxygens (including phenoxy) is 1. The lowest BCUT2D eigenvalue weighted by atomic mass is 9.77. The number of benzene rings is 1. The van der Waals surface area contributed by atoms with E-state index in [4.69, 9.17) is 4.74 Å². The molecule has 0 aromatic heterocycles. The average molecular weight is 306 g/mol. The zero-order valence-electron chi connectivity index (χ0n) is 13.5. The molecule has 5 nitrogen and oxygen atoms in total. The van der Waals surface area contributed by atoms with Crippen LogP contribution in [0.4, 0.5) is 10.5 Å². The van der Waals surface area contributed by atoms with Crippen LogP contribution in [0.5, 0.6) is 0 Å². The lowest BCUT2D eigenvalue weighted by Gasteiger charge is -2.40. The second-order valence-electron chi connectivity index (χ2n) is 6.02. The molecule has 2 rings (SSSR count). The van der Waals surface area contributed by atoms with Crippen molar-refractivity contribution in [2.45, 2.75) is 32.8 Å². The number of urea groups is 1. The maximum Gasteiger partial charge on any atom is 0.321 e. The Morgan fingerprint density at radius 2 is 2.05 bits per heavy atom. The molecule has 0 atom stereocenters. The highest BCUT2D eigenvalue weighted by Gasteiger charge is 2.33. The summed E-state index contributed by atoms with van der Waals surface area (Å²) in [6, 6.07) is 7.59. The number of amides is 2. The lowest BCUT2D eigenvalue weighted by Crippen LogP contribution is -2.46. The maximum atomic E-state index is 12.4. The minimum Gasteiger partial charge on any atom is -0.396 e. The first kappa shape index (κ1) is 16.8. The number of hydrogen-bond acceptors (Lipinski definition) is 3. The molecule has 1 aliphatic heterocycles. The number of hydrogen-bond donors (Lipinski definition) is 2. The third-order valence-corrected chi connectivity index (χ3v) is 4.76. The number of anilines is 1. The number of carbonyl (C=O) groups excluding carboxylic acids is 1. The number of methoxy groups -OCH3 is 1. The maximum absolute atomic E-state index is 12.4. The summed E-state index contributed by atoms with van der Waals surface area (Å²) in [7, 11) is 1.64. The summed E-state index contributed by atoms with van der Waals surface area (Å²) < 4.78 is 5.16. The van der Waals surface area contributed by atoms with Gasteiger partial charge in [0.1, 0.15) is 0 Å². The van der Waals surface area contributed by atoms with Gasteiger partial charge in [0.15, 0.2) is 0 Å². The average Bonchev–Trinajstić information content (AvgIpc) is 2.57. The summed E-state index contributed by atoms with van der Waals surface area (Å²) in [5, 5.41) is 12.5. The van der Waals surface area contributed by atoms with Crippen molar-refractivity contribution in [2.24, 2.45) is 5.41 Å². The highest BCUT2D eigenvalue weighted by molar-refractivity contribution is 5.90. The molecule has 0 saturated carbocycles. The van der Waals surface area contributed by atoms with Gasteiger partial charge in [-0.3, -0.25) is 0 Å². The Morgan fingerprint density at radius 3 is 2.64 bits per heavy atom. The van der Waals surface area contributed by atoms with E-state index >= 15 is 0 Å². The van der Waals surface area contributed by atoms with Crippen LogP contribution in [0.25, 0.3) is 0 Å². The molecule has 0 spiro atoms. The van der Waals surface area contributed by atoms with E-state index < -0.39 is 0 Å². The Kier molecular flexibility index (Phi) is 5.80. The fourth-order valence-electron chi connectivity index (χ4n) is 2.93. The Bertz CT molecular complexity index is 490. The summed E-state index contributed by atoms with van der Waals surface area (Å²) >= 11 is 0. The SMILES string of the molecule is CCC1(CO)CCN(C(=O)Nc2ccccc2COC)CC1. The highest BCUT2D eigenvalue weighted by Crippen LogP contribution is 2.34. The summed E-state index contributed by atoms with van der Waals surface area (Å²) in [6.45, 7) is 4.15. The molecule has 1 heterocycles. The van der Waals surface area contributed by atoms with Crippen molar-refractivity contribution < 1.29 is 14.6 Å².